The molecule has 9 heteroatoms. The van der Waals surface area contributed by atoms with E-state index in [2.05, 4.69) is 10.3 Å². The molecule has 2 amide bonds. The highest BCUT2D eigenvalue weighted by atomic mass is 16.3. The van der Waals surface area contributed by atoms with Gasteiger partial charge in [-0.25, -0.2) is 0 Å². The summed E-state index contributed by atoms with van der Waals surface area (Å²) in [5, 5.41) is 30.4. The van der Waals surface area contributed by atoms with E-state index >= 15 is 0 Å². The van der Waals surface area contributed by atoms with Gasteiger partial charge in [-0.3, -0.25) is 19.2 Å². The van der Waals surface area contributed by atoms with Crippen LogP contribution in [-0.4, -0.2) is 50.7 Å². The highest BCUT2D eigenvalue weighted by molar-refractivity contribution is 6.08. The van der Waals surface area contributed by atoms with Gasteiger partial charge in [-0.1, -0.05) is 72.8 Å². The van der Waals surface area contributed by atoms with Gasteiger partial charge < -0.3 is 15.1 Å². The Bertz CT molecular complexity index is 1680. The number of hydrogen-bond donors (Lipinski definition) is 2. The van der Waals surface area contributed by atoms with E-state index < -0.39 is 17.4 Å². The number of fused-ring (bicyclic) bond motifs is 2. The van der Waals surface area contributed by atoms with Crippen LogP contribution in [0.1, 0.15) is 48.1 Å². The number of rotatable bonds is 9. The number of amides is 2. The molecule has 4 aromatic rings. The lowest BCUT2D eigenvalue weighted by atomic mass is 9.82. The summed E-state index contributed by atoms with van der Waals surface area (Å²) in [7, 11) is 1.66. The van der Waals surface area contributed by atoms with Gasteiger partial charge in [0.1, 0.15) is 0 Å². The normalized spacial score (nSPS) is 19.5. The third kappa shape index (κ3) is 5.04. The van der Waals surface area contributed by atoms with Crippen molar-refractivity contribution < 1.29 is 19.8 Å². The fourth-order valence-corrected chi connectivity index (χ4v) is 6.18. The van der Waals surface area contributed by atoms with Gasteiger partial charge in [-0.15, -0.1) is 5.10 Å². The first-order valence-electron chi connectivity index (χ1n) is 14.6. The number of likely N-dealkylation sites (N-methyl/N-ethyl adjacent to an activating group) is 1. The lowest BCUT2D eigenvalue weighted by Crippen LogP contribution is -2.43. The molecule has 3 atom stereocenters. The van der Waals surface area contributed by atoms with E-state index in [0.29, 0.717) is 48.4 Å². The Morgan fingerprint density at radius 3 is 2.56 bits per heavy atom. The molecule has 0 spiro atoms. The van der Waals surface area contributed by atoms with Crippen molar-refractivity contribution in [2.75, 3.05) is 23.5 Å². The van der Waals surface area contributed by atoms with Crippen LogP contribution in [0.15, 0.2) is 91.1 Å². The average Bonchev–Trinajstić information content (AvgIpc) is 3.57. The van der Waals surface area contributed by atoms with Crippen LogP contribution >= 0.6 is 0 Å². The van der Waals surface area contributed by atoms with E-state index in [9.17, 15) is 19.8 Å². The monoisotopic (exact) mass is 577 g/mol. The summed E-state index contributed by atoms with van der Waals surface area (Å²) < 4.78 is 1.73. The van der Waals surface area contributed by atoms with E-state index in [4.69, 9.17) is 0 Å². The quantitative estimate of drug-likeness (QED) is 0.284. The number of aliphatic hydroxyl groups is 2. The predicted molar refractivity (Wildman–Crippen MR) is 164 cm³/mol. The number of carbonyl (C=O) groups excluding carboxylic acids is 2. The van der Waals surface area contributed by atoms with Gasteiger partial charge in [0.25, 0.3) is 5.91 Å². The second kappa shape index (κ2) is 11.6. The van der Waals surface area contributed by atoms with Crippen molar-refractivity contribution in [2.45, 2.75) is 44.2 Å². The SMILES string of the molecule is C[C@H](/C=C/CCn1cc(C(CO)c2ccccc2)nn1)[C@@]1(O)C(=O)N(C)c2ccc(N3C(=O)CCc4ccccc43)cc21. The number of benzene rings is 3. The molecule has 3 aromatic carbocycles. The lowest BCUT2D eigenvalue weighted by molar-refractivity contribution is -0.139. The van der Waals surface area contributed by atoms with Gasteiger partial charge in [0.2, 0.25) is 5.91 Å². The number of carbonyl (C=O) groups is 2. The van der Waals surface area contributed by atoms with Crippen molar-refractivity contribution in [1.29, 1.82) is 0 Å². The van der Waals surface area contributed by atoms with Crippen LogP contribution in [0.25, 0.3) is 0 Å². The van der Waals surface area contributed by atoms with Crippen molar-refractivity contribution in [3.8, 4) is 0 Å². The molecule has 0 radical (unpaired) electrons. The molecule has 0 aliphatic carbocycles. The first kappa shape index (κ1) is 28.5. The maximum atomic E-state index is 13.5. The summed E-state index contributed by atoms with van der Waals surface area (Å²) in [6.45, 7) is 2.31. The number of hydrogen-bond acceptors (Lipinski definition) is 6. The third-order valence-corrected chi connectivity index (χ3v) is 8.64. The topological polar surface area (TPSA) is 112 Å². The molecular formula is C34H35N5O4. The summed E-state index contributed by atoms with van der Waals surface area (Å²) in [4.78, 5) is 29.7. The largest absolute Gasteiger partial charge is 0.395 e. The first-order valence-corrected chi connectivity index (χ1v) is 14.6. The Morgan fingerprint density at radius 2 is 1.77 bits per heavy atom. The molecular weight excluding hydrogens is 542 g/mol. The summed E-state index contributed by atoms with van der Waals surface area (Å²) in [5.41, 5.74) is 3.56. The van der Waals surface area contributed by atoms with E-state index in [-0.39, 0.29) is 18.4 Å². The number of nitrogens with zero attached hydrogens (tertiary/aromatic N) is 5. The predicted octanol–water partition coefficient (Wildman–Crippen LogP) is 4.46. The van der Waals surface area contributed by atoms with Gasteiger partial charge in [0.15, 0.2) is 5.60 Å². The van der Waals surface area contributed by atoms with Crippen LogP contribution in [0, 0.1) is 5.92 Å². The van der Waals surface area contributed by atoms with Gasteiger partial charge >= 0.3 is 0 Å². The maximum Gasteiger partial charge on any atom is 0.264 e. The maximum absolute atomic E-state index is 13.5. The lowest BCUT2D eigenvalue weighted by Gasteiger charge is -2.31. The van der Waals surface area contributed by atoms with Gasteiger partial charge in [-0.05, 0) is 48.2 Å². The van der Waals surface area contributed by atoms with E-state index in [0.717, 1.165) is 16.8 Å². The molecule has 2 aliphatic rings. The summed E-state index contributed by atoms with van der Waals surface area (Å²) in [6, 6.07) is 23.0. The van der Waals surface area contributed by atoms with Gasteiger partial charge in [0.05, 0.1) is 29.6 Å². The Morgan fingerprint density at radius 1 is 1.00 bits per heavy atom. The zero-order valence-electron chi connectivity index (χ0n) is 24.3. The van der Waals surface area contributed by atoms with Crippen molar-refractivity contribution in [3.63, 3.8) is 0 Å². The van der Waals surface area contributed by atoms with Crippen molar-refractivity contribution in [2.24, 2.45) is 5.92 Å². The zero-order valence-corrected chi connectivity index (χ0v) is 24.3. The summed E-state index contributed by atoms with van der Waals surface area (Å²) in [5.74, 6) is -1.20. The number of aryl methyl sites for hydroxylation is 2. The Labute approximate surface area is 250 Å². The van der Waals surface area contributed by atoms with Crippen molar-refractivity contribution in [3.05, 3.63) is 114 Å². The zero-order chi connectivity index (χ0) is 30.1. The van der Waals surface area contributed by atoms with Crippen LogP contribution in [0.4, 0.5) is 17.1 Å². The minimum atomic E-state index is -1.78. The number of allylic oxidation sites excluding steroid dienone is 1. The van der Waals surface area contributed by atoms with Crippen LogP contribution < -0.4 is 9.80 Å². The molecule has 3 heterocycles. The minimum absolute atomic E-state index is 0.0156. The third-order valence-electron chi connectivity index (χ3n) is 8.64. The van der Waals surface area contributed by atoms with Crippen molar-refractivity contribution in [1.82, 2.24) is 15.0 Å². The molecule has 2 N–H and O–H groups in total. The molecule has 0 fully saturated rings. The molecule has 43 heavy (non-hydrogen) atoms. The molecule has 0 saturated heterocycles. The number of aromatic nitrogens is 3. The van der Waals surface area contributed by atoms with Crippen LogP contribution in [0.2, 0.25) is 0 Å². The first-order chi connectivity index (χ1) is 20.8. The van der Waals surface area contributed by atoms with E-state index in [1.165, 1.54) is 4.90 Å². The number of anilines is 3. The average molecular weight is 578 g/mol. The molecule has 0 bridgehead atoms. The summed E-state index contributed by atoms with van der Waals surface area (Å²) >= 11 is 0. The Balaban J connectivity index is 1.19. The molecule has 9 nitrogen and oxygen atoms in total. The van der Waals surface area contributed by atoms with Crippen LogP contribution in [0.3, 0.4) is 0 Å². The highest BCUT2D eigenvalue weighted by Crippen LogP contribution is 2.47. The second-order valence-corrected chi connectivity index (χ2v) is 11.2. The number of para-hydroxylation sites is 1. The summed E-state index contributed by atoms with van der Waals surface area (Å²) in [6.07, 6.45) is 7.32. The standard InChI is InChI=1S/C34H35N5O4/c1-23(10-8-9-19-38-21-29(35-36-38)27(22-40)24-11-4-3-5-12-24)34(43)28-20-26(16-17-31(28)37(2)33(34)42)39-30-14-7-6-13-25(30)15-18-32(39)41/h3-8,10-14,16-17,20-21,23,27,40,43H,9,15,18-19,22H2,1-2H3/b10-8+/t23-,27?,34+/m1/s1. The molecule has 0 saturated carbocycles. The van der Waals surface area contributed by atoms with E-state index in [1.54, 1.807) is 28.8 Å². The second-order valence-electron chi connectivity index (χ2n) is 11.2. The van der Waals surface area contributed by atoms with Gasteiger partial charge in [0, 0.05) is 43.4 Å². The highest BCUT2D eigenvalue weighted by Gasteiger charge is 2.51. The molecule has 2 aliphatic heterocycles. The van der Waals surface area contributed by atoms with Gasteiger partial charge in [-0.2, -0.15) is 0 Å². The molecule has 1 unspecified atom stereocenters. The number of aliphatic hydroxyl groups excluding tert-OH is 1. The van der Waals surface area contributed by atoms with Crippen LogP contribution in [-0.2, 0) is 28.2 Å². The molecule has 1 aromatic heterocycles. The van der Waals surface area contributed by atoms with Crippen molar-refractivity contribution >= 4 is 28.9 Å². The fraction of sp³-hybridized carbons (Fsp3) is 0.294. The minimum Gasteiger partial charge on any atom is -0.395 e. The van der Waals surface area contributed by atoms with Crippen LogP contribution in [0.5, 0.6) is 0 Å². The molecule has 220 valence electrons. The Kier molecular flexibility index (Phi) is 7.68. The fourth-order valence-electron chi connectivity index (χ4n) is 6.18. The Hall–Kier alpha value is -4.60. The van der Waals surface area contributed by atoms with E-state index in [1.807, 2.05) is 85.9 Å². The molecule has 6 rings (SSSR count). The smallest absolute Gasteiger partial charge is 0.264 e.